The summed E-state index contributed by atoms with van der Waals surface area (Å²) in [5, 5.41) is 3.86. The fourth-order valence-corrected chi connectivity index (χ4v) is 3.52. The van der Waals surface area contributed by atoms with Crippen LogP contribution in [0, 0.1) is 13.8 Å². The van der Waals surface area contributed by atoms with Gasteiger partial charge >= 0.3 is 5.97 Å². The van der Waals surface area contributed by atoms with E-state index in [9.17, 15) is 4.79 Å². The van der Waals surface area contributed by atoms with Crippen molar-refractivity contribution in [1.82, 2.24) is 15.1 Å². The lowest BCUT2D eigenvalue weighted by Gasteiger charge is -2.08. The van der Waals surface area contributed by atoms with Crippen LogP contribution in [0.5, 0.6) is 0 Å². The summed E-state index contributed by atoms with van der Waals surface area (Å²) < 4.78 is 11.4. The molecule has 0 radical (unpaired) electrons. The number of carbonyl (C=O) groups excluding carboxylic acids is 1. The maximum Gasteiger partial charge on any atom is 0.316 e. The van der Waals surface area contributed by atoms with E-state index in [0.717, 1.165) is 26.1 Å². The third-order valence-corrected chi connectivity index (χ3v) is 5.53. The Morgan fingerprint density at radius 2 is 2.15 bits per heavy atom. The van der Waals surface area contributed by atoms with E-state index in [4.69, 9.17) is 9.26 Å². The van der Waals surface area contributed by atoms with E-state index >= 15 is 0 Å². The number of halogens is 1. The van der Waals surface area contributed by atoms with Crippen molar-refractivity contribution >= 4 is 33.7 Å². The van der Waals surface area contributed by atoms with Crippen molar-refractivity contribution in [1.29, 1.82) is 0 Å². The molecule has 0 N–H and O–H groups in total. The van der Waals surface area contributed by atoms with Gasteiger partial charge in [0.25, 0.3) is 5.89 Å². The predicted octanol–water partition coefficient (Wildman–Crippen LogP) is 4.35. The van der Waals surface area contributed by atoms with E-state index in [0.29, 0.717) is 5.82 Å². The first-order valence-electron chi connectivity index (χ1n) is 7.81. The molecule has 0 fully saturated rings. The Morgan fingerprint density at radius 1 is 1.31 bits per heavy atom. The van der Waals surface area contributed by atoms with E-state index in [1.807, 2.05) is 26.0 Å². The number of aryl methyl sites for hydroxylation is 2. The summed E-state index contributed by atoms with van der Waals surface area (Å²) in [5.74, 6) is 0.541. The molecule has 2 aromatic heterocycles. The number of benzene rings is 1. The normalized spacial score (nSPS) is 10.7. The molecule has 0 spiro atoms. The van der Waals surface area contributed by atoms with Gasteiger partial charge in [-0.15, -0.1) is 11.8 Å². The second-order valence-electron chi connectivity index (χ2n) is 5.57. The average Bonchev–Trinajstić information content (AvgIpc) is 3.12. The number of aromatic nitrogens is 3. The van der Waals surface area contributed by atoms with E-state index in [1.165, 1.54) is 11.8 Å². The Bertz CT molecular complexity index is 915. The van der Waals surface area contributed by atoms with Crippen LogP contribution < -0.4 is 0 Å². The first kappa shape index (κ1) is 18.6. The van der Waals surface area contributed by atoms with E-state index in [-0.39, 0.29) is 24.2 Å². The predicted molar refractivity (Wildman–Crippen MR) is 102 cm³/mol. The molecule has 0 aliphatic heterocycles. The number of carbonyl (C=O) groups is 1. The first-order chi connectivity index (χ1) is 12.5. The standard InChI is InChI=1S/C18H16BrN3O3S/c1-11-7-15(12(2)6-14(11)19)26-10-17(23)24-9-16-21-18(22-25-16)13-4-3-5-20-8-13/h3-8H,9-10H2,1-2H3. The van der Waals surface area contributed by atoms with Crippen LogP contribution in [-0.4, -0.2) is 26.8 Å². The minimum Gasteiger partial charge on any atom is -0.455 e. The fourth-order valence-electron chi connectivity index (χ4n) is 2.16. The van der Waals surface area contributed by atoms with Gasteiger partial charge in [0.1, 0.15) is 0 Å². The molecule has 0 unspecified atom stereocenters. The monoisotopic (exact) mass is 433 g/mol. The number of nitrogens with zero attached hydrogens (tertiary/aromatic N) is 3. The molecule has 0 saturated heterocycles. The van der Waals surface area contributed by atoms with Crippen LogP contribution in [0.3, 0.4) is 0 Å². The number of thioether (sulfide) groups is 1. The summed E-state index contributed by atoms with van der Waals surface area (Å²) in [5.41, 5.74) is 2.98. The average molecular weight is 434 g/mol. The van der Waals surface area contributed by atoms with Gasteiger partial charge in [-0.25, -0.2) is 0 Å². The summed E-state index contributed by atoms with van der Waals surface area (Å²) in [6.07, 6.45) is 3.30. The lowest BCUT2D eigenvalue weighted by atomic mass is 10.2. The number of ether oxygens (including phenoxy) is 1. The second kappa shape index (κ2) is 8.46. The molecule has 6 nitrogen and oxygen atoms in total. The van der Waals surface area contributed by atoms with Gasteiger partial charge in [0, 0.05) is 27.3 Å². The number of hydrogen-bond donors (Lipinski definition) is 0. The molecule has 0 atom stereocenters. The number of hydrogen-bond acceptors (Lipinski definition) is 7. The van der Waals surface area contributed by atoms with Crippen molar-refractivity contribution < 1.29 is 14.1 Å². The van der Waals surface area contributed by atoms with E-state index in [2.05, 4.69) is 37.1 Å². The van der Waals surface area contributed by atoms with Gasteiger partial charge < -0.3 is 9.26 Å². The Balaban J connectivity index is 1.52. The van der Waals surface area contributed by atoms with Gasteiger partial charge in [-0.2, -0.15) is 4.98 Å². The molecule has 3 aromatic rings. The molecular weight excluding hydrogens is 418 g/mol. The Labute approximate surface area is 163 Å². The highest BCUT2D eigenvalue weighted by molar-refractivity contribution is 9.10. The topological polar surface area (TPSA) is 78.1 Å². The Morgan fingerprint density at radius 3 is 2.92 bits per heavy atom. The third kappa shape index (κ3) is 4.70. The quantitative estimate of drug-likeness (QED) is 0.422. The van der Waals surface area contributed by atoms with Crippen LogP contribution in [0.2, 0.25) is 0 Å². The largest absolute Gasteiger partial charge is 0.455 e. The highest BCUT2D eigenvalue weighted by Gasteiger charge is 2.12. The van der Waals surface area contributed by atoms with Crippen molar-refractivity contribution in [2.45, 2.75) is 25.3 Å². The third-order valence-electron chi connectivity index (χ3n) is 3.55. The number of esters is 1. The van der Waals surface area contributed by atoms with Crippen LogP contribution in [-0.2, 0) is 16.1 Å². The molecule has 0 bridgehead atoms. The molecule has 0 saturated carbocycles. The van der Waals surface area contributed by atoms with Crippen LogP contribution in [0.25, 0.3) is 11.4 Å². The molecule has 0 aliphatic carbocycles. The van der Waals surface area contributed by atoms with Crippen molar-refractivity contribution in [2.75, 3.05) is 5.75 Å². The second-order valence-corrected chi connectivity index (χ2v) is 7.44. The molecule has 1 aromatic carbocycles. The minimum absolute atomic E-state index is 0.0506. The minimum atomic E-state index is -0.337. The Kier molecular flexibility index (Phi) is 6.05. The molecule has 0 amide bonds. The van der Waals surface area contributed by atoms with Gasteiger partial charge in [-0.05, 0) is 49.2 Å². The number of pyridine rings is 1. The van der Waals surface area contributed by atoms with Crippen LogP contribution in [0.1, 0.15) is 17.0 Å². The smallest absolute Gasteiger partial charge is 0.316 e. The first-order valence-corrected chi connectivity index (χ1v) is 9.59. The summed E-state index contributed by atoms with van der Waals surface area (Å²) in [6.45, 7) is 3.97. The SMILES string of the molecule is Cc1cc(SCC(=O)OCc2nc(-c3cccnc3)no2)c(C)cc1Br. The van der Waals surface area contributed by atoms with Crippen molar-refractivity contribution in [2.24, 2.45) is 0 Å². The number of rotatable bonds is 6. The lowest BCUT2D eigenvalue weighted by molar-refractivity contribution is -0.142. The lowest BCUT2D eigenvalue weighted by Crippen LogP contribution is -2.07. The molecule has 2 heterocycles. The van der Waals surface area contributed by atoms with E-state index in [1.54, 1.807) is 18.5 Å². The molecular formula is C18H16BrN3O3S. The molecule has 8 heteroatoms. The van der Waals surface area contributed by atoms with Crippen molar-refractivity contribution in [3.8, 4) is 11.4 Å². The summed E-state index contributed by atoms with van der Waals surface area (Å²) in [6, 6.07) is 7.71. The van der Waals surface area contributed by atoms with Gasteiger partial charge in [0.05, 0.1) is 5.75 Å². The summed E-state index contributed by atoms with van der Waals surface area (Å²) in [7, 11) is 0. The van der Waals surface area contributed by atoms with Gasteiger partial charge in [-0.3, -0.25) is 9.78 Å². The summed E-state index contributed by atoms with van der Waals surface area (Å²) >= 11 is 4.95. The highest BCUT2D eigenvalue weighted by Crippen LogP contribution is 2.28. The maximum absolute atomic E-state index is 12.0. The van der Waals surface area contributed by atoms with Crippen molar-refractivity contribution in [3.05, 3.63) is 58.1 Å². The van der Waals surface area contributed by atoms with Gasteiger partial charge in [0.15, 0.2) is 6.61 Å². The van der Waals surface area contributed by atoms with Crippen LogP contribution >= 0.6 is 27.7 Å². The van der Waals surface area contributed by atoms with E-state index < -0.39 is 0 Å². The molecule has 26 heavy (non-hydrogen) atoms. The zero-order valence-electron chi connectivity index (χ0n) is 14.2. The zero-order valence-corrected chi connectivity index (χ0v) is 16.6. The molecule has 134 valence electrons. The molecule has 3 rings (SSSR count). The van der Waals surface area contributed by atoms with Gasteiger partial charge in [0.2, 0.25) is 5.82 Å². The van der Waals surface area contributed by atoms with Crippen molar-refractivity contribution in [3.63, 3.8) is 0 Å². The van der Waals surface area contributed by atoms with Crippen LogP contribution in [0.15, 0.2) is 50.6 Å². The zero-order chi connectivity index (χ0) is 18.5. The highest BCUT2D eigenvalue weighted by atomic mass is 79.9. The fraction of sp³-hybridized carbons (Fsp3) is 0.222. The van der Waals surface area contributed by atoms with Crippen LogP contribution in [0.4, 0.5) is 0 Å². The van der Waals surface area contributed by atoms with Gasteiger partial charge in [-0.1, -0.05) is 21.1 Å². The summed E-state index contributed by atoms with van der Waals surface area (Å²) in [4.78, 5) is 21.2. The maximum atomic E-state index is 12.0. The molecule has 0 aliphatic rings. The Hall–Kier alpha value is -2.19.